The van der Waals surface area contributed by atoms with Gasteiger partial charge in [0.15, 0.2) is 0 Å². The molecule has 1 unspecified atom stereocenters. The zero-order valence-corrected chi connectivity index (χ0v) is 13.8. The molecule has 0 heterocycles. The topological polar surface area (TPSA) is 46.2 Å². The van der Waals surface area contributed by atoms with Gasteiger partial charge >= 0.3 is 0 Å². The average molecular weight is 317 g/mol. The minimum Gasteiger partial charge on any atom is -0.208 e. The number of rotatable bonds is 4. The normalized spacial score (nSPS) is 18.4. The third-order valence-corrected chi connectivity index (χ3v) is 6.35. The summed E-state index contributed by atoms with van der Waals surface area (Å²) in [6, 6.07) is 13.1. The monoisotopic (exact) mass is 317 g/mol. The first-order chi connectivity index (χ1) is 10.6. The van der Waals surface area contributed by atoms with Crippen LogP contribution in [0.4, 0.5) is 0 Å². The molecule has 0 bridgehead atoms. The molecule has 0 saturated heterocycles. The molecule has 1 fully saturated rings. The quantitative estimate of drug-likeness (QED) is 0.923. The Labute approximate surface area is 132 Å². The molecule has 1 atom stereocenters. The van der Waals surface area contributed by atoms with E-state index in [1.54, 1.807) is 6.07 Å². The second kappa shape index (κ2) is 6.39. The molecule has 118 valence electrons. The third kappa shape index (κ3) is 3.18. The summed E-state index contributed by atoms with van der Waals surface area (Å²) < 4.78 is 28.5. The van der Waals surface area contributed by atoms with E-state index in [-0.39, 0.29) is 6.04 Å². The van der Waals surface area contributed by atoms with E-state index in [1.807, 2.05) is 43.3 Å². The van der Waals surface area contributed by atoms with E-state index in [0.29, 0.717) is 10.8 Å². The van der Waals surface area contributed by atoms with Gasteiger partial charge in [-0.15, -0.1) is 0 Å². The van der Waals surface area contributed by atoms with Crippen molar-refractivity contribution in [3.63, 3.8) is 0 Å². The lowest BCUT2D eigenvalue weighted by atomic mass is 9.85. The standard InChI is InChI=1S/C18H23NO2S/c1-14(15-8-3-2-4-9-15)19-22(20,21)18-13-7-11-16-10-5-6-12-17(16)18/h5-7,10-15,19H,2-4,8-9H2,1H3. The van der Waals surface area contributed by atoms with E-state index in [0.717, 1.165) is 23.6 Å². The third-order valence-electron chi connectivity index (χ3n) is 4.74. The van der Waals surface area contributed by atoms with Crippen molar-refractivity contribution in [3.8, 4) is 0 Å². The van der Waals surface area contributed by atoms with Crippen LogP contribution in [0.15, 0.2) is 47.4 Å². The molecule has 0 amide bonds. The molecule has 3 nitrogen and oxygen atoms in total. The zero-order chi connectivity index (χ0) is 15.6. The van der Waals surface area contributed by atoms with Crippen LogP contribution in [0, 0.1) is 5.92 Å². The van der Waals surface area contributed by atoms with Crippen molar-refractivity contribution in [2.75, 3.05) is 0 Å². The van der Waals surface area contributed by atoms with Crippen LogP contribution in [0.5, 0.6) is 0 Å². The summed E-state index contributed by atoms with van der Waals surface area (Å²) in [5, 5.41) is 1.74. The summed E-state index contributed by atoms with van der Waals surface area (Å²) in [7, 11) is -3.49. The molecule has 0 aliphatic heterocycles. The van der Waals surface area contributed by atoms with Crippen LogP contribution in [0.3, 0.4) is 0 Å². The Kier molecular flexibility index (Phi) is 4.50. The maximum atomic E-state index is 12.8. The van der Waals surface area contributed by atoms with Gasteiger partial charge in [0.1, 0.15) is 0 Å². The Bertz CT molecular complexity index is 743. The highest BCUT2D eigenvalue weighted by molar-refractivity contribution is 7.89. The molecule has 1 N–H and O–H groups in total. The summed E-state index contributed by atoms with van der Waals surface area (Å²) >= 11 is 0. The van der Waals surface area contributed by atoms with Gasteiger partial charge in [-0.1, -0.05) is 55.7 Å². The molecule has 1 saturated carbocycles. The fraction of sp³-hybridized carbons (Fsp3) is 0.444. The van der Waals surface area contributed by atoms with Gasteiger partial charge < -0.3 is 0 Å². The minimum absolute atomic E-state index is 0.00994. The highest BCUT2D eigenvalue weighted by atomic mass is 32.2. The molecule has 2 aromatic rings. The van der Waals surface area contributed by atoms with Crippen molar-refractivity contribution in [3.05, 3.63) is 42.5 Å². The lowest BCUT2D eigenvalue weighted by Crippen LogP contribution is -2.38. The Morgan fingerprint density at radius 2 is 1.68 bits per heavy atom. The van der Waals surface area contributed by atoms with E-state index in [1.165, 1.54) is 19.3 Å². The molecular formula is C18H23NO2S. The van der Waals surface area contributed by atoms with Crippen LogP contribution < -0.4 is 4.72 Å². The van der Waals surface area contributed by atoms with Crippen molar-refractivity contribution in [1.82, 2.24) is 4.72 Å². The summed E-state index contributed by atoms with van der Waals surface area (Å²) in [5.74, 6) is 0.457. The molecule has 22 heavy (non-hydrogen) atoms. The molecular weight excluding hydrogens is 294 g/mol. The highest BCUT2D eigenvalue weighted by Crippen LogP contribution is 2.28. The fourth-order valence-corrected chi connectivity index (χ4v) is 5.01. The predicted molar refractivity (Wildman–Crippen MR) is 90.3 cm³/mol. The molecule has 1 aliphatic rings. The van der Waals surface area contributed by atoms with Crippen LogP contribution in [0.2, 0.25) is 0 Å². The summed E-state index contributed by atoms with van der Waals surface area (Å²) in [4.78, 5) is 0.383. The van der Waals surface area contributed by atoms with Gasteiger partial charge in [-0.25, -0.2) is 13.1 Å². The molecule has 1 aliphatic carbocycles. The van der Waals surface area contributed by atoms with Crippen molar-refractivity contribution in [2.45, 2.75) is 50.0 Å². The van der Waals surface area contributed by atoms with E-state index in [2.05, 4.69) is 4.72 Å². The van der Waals surface area contributed by atoms with Gasteiger partial charge in [0.25, 0.3) is 0 Å². The van der Waals surface area contributed by atoms with Gasteiger partial charge in [0.05, 0.1) is 4.90 Å². The summed E-state index contributed by atoms with van der Waals surface area (Å²) in [6.45, 7) is 2.00. The van der Waals surface area contributed by atoms with E-state index >= 15 is 0 Å². The van der Waals surface area contributed by atoms with E-state index in [9.17, 15) is 8.42 Å². The van der Waals surface area contributed by atoms with Crippen LogP contribution in [-0.4, -0.2) is 14.5 Å². The molecule has 4 heteroatoms. The number of hydrogen-bond acceptors (Lipinski definition) is 2. The van der Waals surface area contributed by atoms with Gasteiger partial charge in [-0.2, -0.15) is 0 Å². The maximum Gasteiger partial charge on any atom is 0.241 e. The van der Waals surface area contributed by atoms with Crippen molar-refractivity contribution < 1.29 is 8.42 Å². The molecule has 0 spiro atoms. The van der Waals surface area contributed by atoms with E-state index in [4.69, 9.17) is 0 Å². The second-order valence-electron chi connectivity index (χ2n) is 6.29. The van der Waals surface area contributed by atoms with Crippen LogP contribution in [0.1, 0.15) is 39.0 Å². The first-order valence-corrected chi connectivity index (χ1v) is 9.56. The van der Waals surface area contributed by atoms with Crippen molar-refractivity contribution in [1.29, 1.82) is 0 Å². The molecule has 0 aromatic heterocycles. The Morgan fingerprint density at radius 3 is 2.45 bits per heavy atom. The Morgan fingerprint density at radius 1 is 1.00 bits per heavy atom. The number of fused-ring (bicyclic) bond motifs is 1. The number of benzene rings is 2. The smallest absolute Gasteiger partial charge is 0.208 e. The van der Waals surface area contributed by atoms with Gasteiger partial charge in [-0.3, -0.25) is 0 Å². The SMILES string of the molecule is CC(NS(=O)(=O)c1cccc2ccccc12)C1CCCCC1. The molecule has 3 rings (SSSR count). The van der Waals surface area contributed by atoms with Crippen molar-refractivity contribution in [2.24, 2.45) is 5.92 Å². The lowest BCUT2D eigenvalue weighted by Gasteiger charge is -2.28. The van der Waals surface area contributed by atoms with Crippen LogP contribution in [-0.2, 0) is 10.0 Å². The van der Waals surface area contributed by atoms with Gasteiger partial charge in [0, 0.05) is 11.4 Å². The maximum absolute atomic E-state index is 12.8. The Balaban J connectivity index is 1.88. The first-order valence-electron chi connectivity index (χ1n) is 8.08. The largest absolute Gasteiger partial charge is 0.241 e. The van der Waals surface area contributed by atoms with Gasteiger partial charge in [-0.05, 0) is 37.1 Å². The number of hydrogen-bond donors (Lipinski definition) is 1. The number of nitrogens with one attached hydrogen (secondary N) is 1. The van der Waals surface area contributed by atoms with Crippen LogP contribution >= 0.6 is 0 Å². The molecule has 2 aromatic carbocycles. The zero-order valence-electron chi connectivity index (χ0n) is 13.0. The molecule has 0 radical (unpaired) electrons. The van der Waals surface area contributed by atoms with Crippen molar-refractivity contribution >= 4 is 20.8 Å². The first kappa shape index (κ1) is 15.5. The minimum atomic E-state index is -3.49. The summed E-state index contributed by atoms with van der Waals surface area (Å²) in [6.07, 6.45) is 5.95. The lowest BCUT2D eigenvalue weighted by molar-refractivity contribution is 0.303. The Hall–Kier alpha value is -1.39. The highest BCUT2D eigenvalue weighted by Gasteiger charge is 2.26. The summed E-state index contributed by atoms with van der Waals surface area (Å²) in [5.41, 5.74) is 0. The van der Waals surface area contributed by atoms with Crippen LogP contribution in [0.25, 0.3) is 10.8 Å². The second-order valence-corrected chi connectivity index (χ2v) is 7.97. The van der Waals surface area contributed by atoms with Gasteiger partial charge in [0.2, 0.25) is 10.0 Å². The number of sulfonamides is 1. The van der Waals surface area contributed by atoms with E-state index < -0.39 is 10.0 Å². The predicted octanol–water partition coefficient (Wildman–Crippen LogP) is 4.09. The fourth-order valence-electron chi connectivity index (χ4n) is 3.47. The average Bonchev–Trinajstić information content (AvgIpc) is 2.54.